The summed E-state index contributed by atoms with van der Waals surface area (Å²) in [5.41, 5.74) is 4.01. The highest BCUT2D eigenvalue weighted by molar-refractivity contribution is 5.93. The van der Waals surface area contributed by atoms with Crippen molar-refractivity contribution < 1.29 is 19.4 Å². The molecule has 34 heavy (non-hydrogen) atoms. The van der Waals surface area contributed by atoms with Crippen LogP contribution in [0.15, 0.2) is 72.8 Å². The summed E-state index contributed by atoms with van der Waals surface area (Å²) in [6.07, 6.45) is 4.29. The minimum atomic E-state index is -0.946. The summed E-state index contributed by atoms with van der Waals surface area (Å²) in [5.74, 6) is 0.704. The van der Waals surface area contributed by atoms with E-state index in [2.05, 4.69) is 4.57 Å². The number of imidazole rings is 1. The van der Waals surface area contributed by atoms with E-state index < -0.39 is 5.97 Å². The molecular formula is C28H28N2O4. The van der Waals surface area contributed by atoms with Crippen molar-refractivity contribution in [3.05, 3.63) is 83.9 Å². The van der Waals surface area contributed by atoms with Crippen molar-refractivity contribution in [3.63, 3.8) is 0 Å². The topological polar surface area (TPSA) is 73.6 Å². The molecule has 1 heterocycles. The van der Waals surface area contributed by atoms with Gasteiger partial charge in [-0.2, -0.15) is 0 Å². The van der Waals surface area contributed by atoms with Gasteiger partial charge in [-0.15, -0.1) is 0 Å². The number of aromatic nitrogens is 2. The van der Waals surface area contributed by atoms with E-state index in [1.807, 2.05) is 60.7 Å². The molecule has 0 atom stereocenters. The number of methoxy groups -OCH3 is 1. The number of rotatable bonds is 7. The standard InChI is InChI=1S/C28H28N2O4/c1-33-23-14-10-22(11-15-23)30-26-16-9-21(28(31)32)17-25(26)29-27(30)20-7-12-24(13-8-20)34-18-19-5-3-2-4-6-19/h2-9,12-13,16-17,22-23H,10-11,14-15,18H2,1H3,(H,31,32)/t22-,23-. The van der Waals surface area contributed by atoms with Crippen LogP contribution in [0.2, 0.25) is 0 Å². The molecule has 0 spiro atoms. The summed E-state index contributed by atoms with van der Waals surface area (Å²) in [4.78, 5) is 16.4. The van der Waals surface area contributed by atoms with Crippen LogP contribution in [0.4, 0.5) is 0 Å². The molecule has 6 heteroatoms. The number of ether oxygens (including phenoxy) is 2. The first kappa shape index (κ1) is 22.2. The molecule has 1 aromatic heterocycles. The first-order valence-corrected chi connectivity index (χ1v) is 11.7. The Hall–Kier alpha value is -3.64. The van der Waals surface area contributed by atoms with Crippen LogP contribution in [0.25, 0.3) is 22.4 Å². The second-order valence-electron chi connectivity index (χ2n) is 8.78. The maximum atomic E-state index is 11.5. The molecule has 5 rings (SSSR count). The highest BCUT2D eigenvalue weighted by Gasteiger charge is 2.26. The van der Waals surface area contributed by atoms with E-state index >= 15 is 0 Å². The molecule has 0 aliphatic heterocycles. The molecule has 174 valence electrons. The number of carbonyl (C=O) groups is 1. The Balaban J connectivity index is 1.47. The Bertz CT molecular complexity index is 1270. The Morgan fingerprint density at radius 3 is 2.41 bits per heavy atom. The van der Waals surface area contributed by atoms with E-state index in [0.717, 1.165) is 53.9 Å². The van der Waals surface area contributed by atoms with Gasteiger partial charge in [-0.1, -0.05) is 30.3 Å². The number of hydrogen-bond acceptors (Lipinski definition) is 4. The molecule has 1 aliphatic rings. The SMILES string of the molecule is CO[C@H]1CC[C@H](n2c(-c3ccc(OCc4ccccc4)cc3)nc3cc(C(=O)O)ccc32)CC1. The van der Waals surface area contributed by atoms with E-state index in [9.17, 15) is 9.90 Å². The van der Waals surface area contributed by atoms with Crippen molar-refractivity contribution in [3.8, 4) is 17.1 Å². The molecule has 0 amide bonds. The molecule has 0 saturated heterocycles. The molecule has 1 aliphatic carbocycles. The average Bonchev–Trinajstić information content (AvgIpc) is 3.27. The fourth-order valence-corrected chi connectivity index (χ4v) is 4.79. The van der Waals surface area contributed by atoms with Crippen LogP contribution >= 0.6 is 0 Å². The van der Waals surface area contributed by atoms with Gasteiger partial charge in [-0.3, -0.25) is 0 Å². The molecule has 1 fully saturated rings. The van der Waals surface area contributed by atoms with Gasteiger partial charge in [-0.25, -0.2) is 9.78 Å². The number of carboxylic acids is 1. The van der Waals surface area contributed by atoms with Crippen LogP contribution in [-0.4, -0.2) is 33.8 Å². The minimum Gasteiger partial charge on any atom is -0.489 e. The van der Waals surface area contributed by atoms with Gasteiger partial charge in [0.05, 0.1) is 22.7 Å². The summed E-state index contributed by atoms with van der Waals surface area (Å²) < 4.78 is 13.8. The lowest BCUT2D eigenvalue weighted by molar-refractivity contribution is 0.0591. The second-order valence-corrected chi connectivity index (χ2v) is 8.78. The molecule has 6 nitrogen and oxygen atoms in total. The third-order valence-electron chi connectivity index (χ3n) is 6.64. The van der Waals surface area contributed by atoms with Gasteiger partial charge >= 0.3 is 5.97 Å². The van der Waals surface area contributed by atoms with Gasteiger partial charge in [-0.05, 0) is 73.7 Å². The molecule has 0 radical (unpaired) electrons. The predicted octanol–water partition coefficient (Wildman–Crippen LogP) is 6.11. The number of hydrogen-bond donors (Lipinski definition) is 1. The van der Waals surface area contributed by atoms with Crippen molar-refractivity contribution in [1.82, 2.24) is 9.55 Å². The van der Waals surface area contributed by atoms with Gasteiger partial charge < -0.3 is 19.1 Å². The summed E-state index contributed by atoms with van der Waals surface area (Å²) in [6, 6.07) is 23.6. The van der Waals surface area contributed by atoms with Crippen LogP contribution in [0.3, 0.4) is 0 Å². The smallest absolute Gasteiger partial charge is 0.335 e. The Kier molecular flexibility index (Phi) is 6.32. The van der Waals surface area contributed by atoms with E-state index in [1.54, 1.807) is 19.2 Å². The quantitative estimate of drug-likeness (QED) is 0.363. The molecule has 0 bridgehead atoms. The predicted molar refractivity (Wildman–Crippen MR) is 131 cm³/mol. The Morgan fingerprint density at radius 1 is 1.00 bits per heavy atom. The van der Waals surface area contributed by atoms with E-state index in [0.29, 0.717) is 18.2 Å². The molecule has 3 aromatic carbocycles. The van der Waals surface area contributed by atoms with Crippen LogP contribution in [0.1, 0.15) is 47.6 Å². The fourth-order valence-electron chi connectivity index (χ4n) is 4.79. The van der Waals surface area contributed by atoms with Crippen molar-refractivity contribution in [2.24, 2.45) is 0 Å². The zero-order valence-corrected chi connectivity index (χ0v) is 19.2. The minimum absolute atomic E-state index is 0.247. The number of benzene rings is 3. The highest BCUT2D eigenvalue weighted by atomic mass is 16.5. The first-order chi connectivity index (χ1) is 16.6. The van der Waals surface area contributed by atoms with Crippen LogP contribution in [0.5, 0.6) is 5.75 Å². The summed E-state index contributed by atoms with van der Waals surface area (Å²) in [5, 5.41) is 9.44. The molecular weight excluding hydrogens is 428 g/mol. The second kappa shape index (κ2) is 9.69. The van der Waals surface area contributed by atoms with Crippen molar-refractivity contribution in [2.75, 3.05) is 7.11 Å². The zero-order valence-electron chi connectivity index (χ0n) is 19.2. The molecule has 4 aromatic rings. The summed E-state index contributed by atoms with van der Waals surface area (Å²) in [6.45, 7) is 0.513. The van der Waals surface area contributed by atoms with E-state index in [1.165, 1.54) is 0 Å². The monoisotopic (exact) mass is 456 g/mol. The zero-order chi connectivity index (χ0) is 23.5. The Morgan fingerprint density at radius 2 is 1.74 bits per heavy atom. The third kappa shape index (κ3) is 4.54. The van der Waals surface area contributed by atoms with Crippen molar-refractivity contribution in [2.45, 2.75) is 44.4 Å². The van der Waals surface area contributed by atoms with Gasteiger partial charge in [0.15, 0.2) is 0 Å². The van der Waals surface area contributed by atoms with Gasteiger partial charge in [0.1, 0.15) is 18.2 Å². The number of fused-ring (bicyclic) bond motifs is 1. The molecule has 1 saturated carbocycles. The number of nitrogens with zero attached hydrogens (tertiary/aromatic N) is 2. The van der Waals surface area contributed by atoms with E-state index in [4.69, 9.17) is 14.5 Å². The summed E-state index contributed by atoms with van der Waals surface area (Å²) in [7, 11) is 1.78. The van der Waals surface area contributed by atoms with Gasteiger partial charge in [0, 0.05) is 18.7 Å². The van der Waals surface area contributed by atoms with E-state index in [-0.39, 0.29) is 11.6 Å². The maximum absolute atomic E-state index is 11.5. The fraction of sp³-hybridized carbons (Fsp3) is 0.286. The number of carboxylic acid groups (broad SMARTS) is 1. The average molecular weight is 457 g/mol. The highest BCUT2D eigenvalue weighted by Crippen LogP contribution is 2.37. The first-order valence-electron chi connectivity index (χ1n) is 11.7. The van der Waals surface area contributed by atoms with Crippen molar-refractivity contribution >= 4 is 17.0 Å². The summed E-state index contributed by atoms with van der Waals surface area (Å²) >= 11 is 0. The van der Waals surface area contributed by atoms with Crippen LogP contribution < -0.4 is 4.74 Å². The normalized spacial score (nSPS) is 18.1. The van der Waals surface area contributed by atoms with Gasteiger partial charge in [0.25, 0.3) is 0 Å². The molecule has 0 unspecified atom stereocenters. The lowest BCUT2D eigenvalue weighted by Crippen LogP contribution is -2.23. The van der Waals surface area contributed by atoms with Crippen LogP contribution in [0, 0.1) is 0 Å². The maximum Gasteiger partial charge on any atom is 0.335 e. The van der Waals surface area contributed by atoms with Gasteiger partial charge in [0.2, 0.25) is 0 Å². The van der Waals surface area contributed by atoms with Crippen molar-refractivity contribution in [1.29, 1.82) is 0 Å². The van der Waals surface area contributed by atoms with Crippen LogP contribution in [-0.2, 0) is 11.3 Å². The molecule has 1 N–H and O–H groups in total. The lowest BCUT2D eigenvalue weighted by atomic mass is 9.92. The Labute approximate surface area is 198 Å². The largest absolute Gasteiger partial charge is 0.489 e. The number of aromatic carboxylic acids is 1. The lowest BCUT2D eigenvalue weighted by Gasteiger charge is -2.30. The third-order valence-corrected chi connectivity index (χ3v) is 6.64.